The molecule has 116 valence electrons. The molecule has 0 aliphatic carbocycles. The number of amides is 1. The van der Waals surface area contributed by atoms with Gasteiger partial charge in [0.25, 0.3) is 0 Å². The lowest BCUT2D eigenvalue weighted by Crippen LogP contribution is -2.28. The number of fused-ring (bicyclic) bond motifs is 1. The number of carbonyl (C=O) groups is 1. The Morgan fingerprint density at radius 2 is 2.18 bits per heavy atom. The average molecular weight is 337 g/mol. The summed E-state index contributed by atoms with van der Waals surface area (Å²) in [7, 11) is -3.07. The summed E-state index contributed by atoms with van der Waals surface area (Å²) in [5, 5.41) is 4.79. The zero-order chi connectivity index (χ0) is 15.7. The second-order valence-electron chi connectivity index (χ2n) is 5.26. The highest BCUT2D eigenvalue weighted by molar-refractivity contribution is 7.91. The number of hydrazone groups is 1. The predicted octanol–water partition coefficient (Wildman–Crippen LogP) is 1.57. The number of benzene rings is 1. The molecule has 1 atom stereocenters. The minimum Gasteiger partial charge on any atom is -0.273 e. The molecule has 1 N–H and O–H groups in total. The number of hydrogen-bond donors (Lipinski definition) is 1. The molecular weight excluding hydrogens is 322 g/mol. The van der Waals surface area contributed by atoms with E-state index in [1.165, 1.54) is 11.3 Å². The van der Waals surface area contributed by atoms with Gasteiger partial charge < -0.3 is 0 Å². The second-order valence-corrected chi connectivity index (χ2v) is 8.52. The normalized spacial score (nSPS) is 21.1. The first-order valence-electron chi connectivity index (χ1n) is 6.85. The van der Waals surface area contributed by atoms with Crippen LogP contribution in [0.15, 0.2) is 29.4 Å². The molecule has 0 unspecified atom stereocenters. The van der Waals surface area contributed by atoms with Crippen molar-refractivity contribution in [3.63, 3.8) is 0 Å². The van der Waals surface area contributed by atoms with E-state index in [0.717, 1.165) is 15.2 Å². The highest BCUT2D eigenvalue weighted by Gasteiger charge is 2.32. The van der Waals surface area contributed by atoms with Crippen molar-refractivity contribution >= 4 is 43.0 Å². The first-order chi connectivity index (χ1) is 10.4. The van der Waals surface area contributed by atoms with E-state index in [2.05, 4.69) is 15.5 Å². The number of carbonyl (C=O) groups excluding carboxylic acids is 1. The molecule has 1 aliphatic heterocycles. The summed E-state index contributed by atoms with van der Waals surface area (Å²) in [6, 6.07) is 7.76. The van der Waals surface area contributed by atoms with Gasteiger partial charge in [-0.05, 0) is 25.5 Å². The van der Waals surface area contributed by atoms with Gasteiger partial charge in [0.1, 0.15) is 5.01 Å². The Hall–Kier alpha value is -1.80. The van der Waals surface area contributed by atoms with E-state index >= 15 is 0 Å². The number of para-hydroxylation sites is 1. The van der Waals surface area contributed by atoms with Gasteiger partial charge in [-0.2, -0.15) is 5.10 Å². The van der Waals surface area contributed by atoms with Crippen LogP contribution in [-0.2, 0) is 14.6 Å². The third-order valence-corrected chi connectivity index (χ3v) is 6.45. The maximum atomic E-state index is 11.9. The molecule has 1 fully saturated rings. The van der Waals surface area contributed by atoms with Gasteiger partial charge in [-0.15, -0.1) is 11.3 Å². The van der Waals surface area contributed by atoms with E-state index < -0.39 is 15.8 Å². The molecule has 0 radical (unpaired) electrons. The van der Waals surface area contributed by atoms with Crippen molar-refractivity contribution in [3.8, 4) is 0 Å². The zero-order valence-corrected chi connectivity index (χ0v) is 13.6. The molecule has 2 aromatic rings. The molecule has 8 heteroatoms. The summed E-state index contributed by atoms with van der Waals surface area (Å²) < 4.78 is 23.8. The number of aromatic nitrogens is 1. The van der Waals surface area contributed by atoms with Gasteiger partial charge in [-0.1, -0.05) is 12.1 Å². The van der Waals surface area contributed by atoms with Crippen molar-refractivity contribution in [1.82, 2.24) is 10.4 Å². The van der Waals surface area contributed by atoms with Crippen molar-refractivity contribution in [2.75, 3.05) is 11.5 Å². The van der Waals surface area contributed by atoms with E-state index in [0.29, 0.717) is 12.1 Å². The Labute approximate surface area is 132 Å². The van der Waals surface area contributed by atoms with Gasteiger partial charge in [0.05, 0.1) is 33.4 Å². The maximum Gasteiger partial charge on any atom is 0.244 e. The van der Waals surface area contributed by atoms with Crippen LogP contribution in [0.5, 0.6) is 0 Å². The summed E-state index contributed by atoms with van der Waals surface area (Å²) in [5.74, 6) is -0.862. The molecule has 1 aromatic carbocycles. The Kier molecular flexibility index (Phi) is 3.96. The Morgan fingerprint density at radius 1 is 1.41 bits per heavy atom. The van der Waals surface area contributed by atoms with Crippen LogP contribution in [0.3, 0.4) is 0 Å². The number of nitrogens with zero attached hydrogens (tertiary/aromatic N) is 2. The van der Waals surface area contributed by atoms with E-state index in [1.807, 2.05) is 24.3 Å². The van der Waals surface area contributed by atoms with Crippen molar-refractivity contribution in [2.45, 2.75) is 13.3 Å². The van der Waals surface area contributed by atoms with Crippen LogP contribution >= 0.6 is 11.3 Å². The molecule has 6 nitrogen and oxygen atoms in total. The number of hydrogen-bond acceptors (Lipinski definition) is 6. The summed E-state index contributed by atoms with van der Waals surface area (Å²) in [4.78, 5) is 16.4. The first-order valence-corrected chi connectivity index (χ1v) is 9.49. The fourth-order valence-electron chi connectivity index (χ4n) is 2.31. The molecule has 3 rings (SSSR count). The van der Waals surface area contributed by atoms with Crippen molar-refractivity contribution in [1.29, 1.82) is 0 Å². The Morgan fingerprint density at radius 3 is 2.86 bits per heavy atom. The minimum atomic E-state index is -3.07. The van der Waals surface area contributed by atoms with E-state index in [-0.39, 0.29) is 17.4 Å². The predicted molar refractivity (Wildman–Crippen MR) is 86.7 cm³/mol. The Balaban J connectivity index is 1.71. The molecule has 0 spiro atoms. The number of sulfone groups is 1. The molecular formula is C14H15N3O3S2. The highest BCUT2D eigenvalue weighted by Crippen LogP contribution is 2.22. The fourth-order valence-corrected chi connectivity index (χ4v) is 4.96. The van der Waals surface area contributed by atoms with Crippen LogP contribution in [0.1, 0.15) is 18.4 Å². The summed E-state index contributed by atoms with van der Waals surface area (Å²) >= 11 is 1.50. The van der Waals surface area contributed by atoms with E-state index in [9.17, 15) is 13.2 Å². The van der Waals surface area contributed by atoms with Crippen LogP contribution in [-0.4, -0.2) is 36.5 Å². The topological polar surface area (TPSA) is 88.5 Å². The maximum absolute atomic E-state index is 11.9. The van der Waals surface area contributed by atoms with Crippen LogP contribution in [0, 0.1) is 5.92 Å². The molecule has 1 saturated heterocycles. The van der Waals surface area contributed by atoms with Crippen molar-refractivity contribution in [3.05, 3.63) is 29.3 Å². The van der Waals surface area contributed by atoms with Crippen LogP contribution < -0.4 is 5.43 Å². The lowest BCUT2D eigenvalue weighted by molar-refractivity contribution is -0.124. The molecule has 0 saturated carbocycles. The van der Waals surface area contributed by atoms with Crippen molar-refractivity contribution < 1.29 is 13.2 Å². The van der Waals surface area contributed by atoms with Crippen LogP contribution in [0.2, 0.25) is 0 Å². The number of nitrogens with one attached hydrogen (secondary N) is 1. The van der Waals surface area contributed by atoms with Gasteiger partial charge >= 0.3 is 0 Å². The Bertz CT molecular complexity index is 822. The van der Waals surface area contributed by atoms with Gasteiger partial charge in [-0.25, -0.2) is 18.8 Å². The lowest BCUT2D eigenvalue weighted by Gasteiger charge is -2.05. The third kappa shape index (κ3) is 3.17. The summed E-state index contributed by atoms with van der Waals surface area (Å²) in [5.41, 5.74) is 3.96. The molecule has 1 aliphatic rings. The van der Waals surface area contributed by atoms with Gasteiger partial charge in [-0.3, -0.25) is 4.79 Å². The van der Waals surface area contributed by atoms with Gasteiger partial charge in [0, 0.05) is 0 Å². The largest absolute Gasteiger partial charge is 0.273 e. The standard InChI is InChI=1S/C14H15N3O3S2/c1-9(14-15-11-4-2-3-5-12(11)21-14)16-17-13(18)10-6-7-22(19,20)8-10/h2-5,10H,6-8H2,1H3,(H,17,18)/b16-9-/t10-/m1/s1. The molecule has 1 aromatic heterocycles. The number of thiazole rings is 1. The average Bonchev–Trinajstić information content (AvgIpc) is 3.07. The third-order valence-electron chi connectivity index (χ3n) is 3.54. The summed E-state index contributed by atoms with van der Waals surface area (Å²) in [6.45, 7) is 1.77. The van der Waals surface area contributed by atoms with E-state index in [1.54, 1.807) is 6.92 Å². The zero-order valence-electron chi connectivity index (χ0n) is 11.9. The highest BCUT2D eigenvalue weighted by atomic mass is 32.2. The van der Waals surface area contributed by atoms with Crippen LogP contribution in [0.4, 0.5) is 0 Å². The number of rotatable bonds is 3. The molecule has 1 amide bonds. The fraction of sp³-hybridized carbons (Fsp3) is 0.357. The second kappa shape index (κ2) is 5.77. The van der Waals surface area contributed by atoms with Crippen LogP contribution in [0.25, 0.3) is 10.2 Å². The van der Waals surface area contributed by atoms with E-state index in [4.69, 9.17) is 0 Å². The summed E-state index contributed by atoms with van der Waals surface area (Å²) in [6.07, 6.45) is 0.365. The smallest absolute Gasteiger partial charge is 0.244 e. The monoisotopic (exact) mass is 337 g/mol. The first kappa shape index (κ1) is 15.1. The molecule has 22 heavy (non-hydrogen) atoms. The SMILES string of the molecule is C/C(=N/NC(=O)[C@@H]1CCS(=O)(=O)C1)c1nc2ccccc2s1. The van der Waals surface area contributed by atoms with Gasteiger partial charge in [0.2, 0.25) is 5.91 Å². The molecule has 0 bridgehead atoms. The lowest BCUT2D eigenvalue weighted by atomic mass is 10.1. The van der Waals surface area contributed by atoms with Crippen molar-refractivity contribution in [2.24, 2.45) is 11.0 Å². The van der Waals surface area contributed by atoms with Gasteiger partial charge in [0.15, 0.2) is 9.84 Å². The quantitative estimate of drug-likeness (QED) is 0.680. The minimum absolute atomic E-state index is 0.0751. The molecule has 2 heterocycles.